The van der Waals surface area contributed by atoms with Gasteiger partial charge in [0.05, 0.1) is 15.8 Å². The molecule has 55 heavy (non-hydrogen) atoms. The van der Waals surface area contributed by atoms with Crippen LogP contribution in [0.5, 0.6) is 0 Å². The molecule has 298 valence electrons. The molecule has 0 bridgehead atoms. The number of carboxylic acids is 2. The second-order valence-electron chi connectivity index (χ2n) is 15.5. The second-order valence-corrected chi connectivity index (χ2v) is 15.5. The largest absolute Gasteiger partial charge is 0.481 e. The Morgan fingerprint density at radius 3 is 1.89 bits per heavy atom. The van der Waals surface area contributed by atoms with Gasteiger partial charge in [0.1, 0.15) is 0 Å². The monoisotopic (exact) mass is 757 g/mol. The number of nitro benzene ring substituents is 1. The first-order valence-electron chi connectivity index (χ1n) is 20.0. The van der Waals surface area contributed by atoms with Gasteiger partial charge in [-0.1, -0.05) is 86.1 Å². The van der Waals surface area contributed by atoms with Crippen LogP contribution in [0, 0.1) is 20.9 Å². The molecule has 0 saturated carbocycles. The Kier molecular flexibility index (Phi) is 14.6. The molecule has 0 radical (unpaired) electrons. The van der Waals surface area contributed by atoms with Crippen LogP contribution in [-0.4, -0.2) is 90.1 Å². The maximum atomic E-state index is 13.6. The van der Waals surface area contributed by atoms with E-state index in [4.69, 9.17) is 9.47 Å². The quantitative estimate of drug-likeness (QED) is 0.0595. The van der Waals surface area contributed by atoms with E-state index < -0.39 is 45.7 Å². The number of nitrogens with zero attached hydrogens (tertiary/aromatic N) is 2. The summed E-state index contributed by atoms with van der Waals surface area (Å²) >= 11 is 0. The van der Waals surface area contributed by atoms with Crippen LogP contribution in [-0.2, 0) is 24.5 Å². The number of hydrogen-bond donors (Lipinski definition) is 3. The van der Waals surface area contributed by atoms with Gasteiger partial charge in [-0.15, -0.1) is 0 Å². The van der Waals surface area contributed by atoms with Crippen molar-refractivity contribution in [2.45, 2.75) is 95.6 Å². The van der Waals surface area contributed by atoms with Crippen molar-refractivity contribution in [3.05, 3.63) is 112 Å². The zero-order valence-corrected chi connectivity index (χ0v) is 32.7. The van der Waals surface area contributed by atoms with Gasteiger partial charge in [-0.05, 0) is 88.6 Å². The summed E-state index contributed by atoms with van der Waals surface area (Å²) < 4.78 is 12.0. The van der Waals surface area contributed by atoms with E-state index in [0.29, 0.717) is 31.8 Å². The standard InChI is InChI=1S/C44H59N3O8/c1-4-5-28-55-31-24-44(41(50)51)34(3)45-33(2)43(40(48)49,39(44)35-15-12-20-38(32-35)47(52)53)21-13-29-54-30-14-25-46-26-22-42(23-27-46,36-16-8-6-9-17-36)37-18-10-7-11-19-37/h6-12,15-20,32-34,39,45H,4-5,13-14,21-31H2,1-3H3,(H,48,49)(H,50,51)/t33?,34?,39-,43?,44?/m0/s1. The lowest BCUT2D eigenvalue weighted by Gasteiger charge is -2.57. The minimum atomic E-state index is -1.62. The molecule has 5 atom stereocenters. The number of carbonyl (C=O) groups is 2. The Bertz CT molecular complexity index is 1660. The highest BCUT2D eigenvalue weighted by Crippen LogP contribution is 2.59. The smallest absolute Gasteiger partial charge is 0.311 e. The molecule has 2 saturated heterocycles. The fraction of sp³-hybridized carbons (Fsp3) is 0.545. The highest BCUT2D eigenvalue weighted by atomic mass is 16.6. The van der Waals surface area contributed by atoms with Crippen LogP contribution in [0.4, 0.5) is 5.69 Å². The average molecular weight is 758 g/mol. The van der Waals surface area contributed by atoms with E-state index in [9.17, 15) is 29.9 Å². The molecule has 2 aliphatic heterocycles. The van der Waals surface area contributed by atoms with E-state index in [0.717, 1.165) is 51.7 Å². The third-order valence-corrected chi connectivity index (χ3v) is 12.6. The molecule has 0 aliphatic carbocycles. The number of ether oxygens (including phenoxy) is 2. The number of benzene rings is 3. The predicted molar refractivity (Wildman–Crippen MR) is 212 cm³/mol. The van der Waals surface area contributed by atoms with E-state index in [1.165, 1.54) is 29.3 Å². The molecule has 2 fully saturated rings. The molecule has 11 nitrogen and oxygen atoms in total. The normalized spacial score (nSPS) is 25.3. The first-order valence-corrected chi connectivity index (χ1v) is 20.0. The van der Waals surface area contributed by atoms with Gasteiger partial charge < -0.3 is 29.9 Å². The van der Waals surface area contributed by atoms with Crippen LogP contribution in [0.3, 0.4) is 0 Å². The lowest BCUT2D eigenvalue weighted by molar-refractivity contribution is -0.385. The van der Waals surface area contributed by atoms with Gasteiger partial charge in [-0.2, -0.15) is 0 Å². The Hall–Kier alpha value is -4.16. The maximum Gasteiger partial charge on any atom is 0.311 e. The van der Waals surface area contributed by atoms with Crippen LogP contribution >= 0.6 is 0 Å². The number of rotatable bonds is 20. The van der Waals surface area contributed by atoms with E-state index >= 15 is 0 Å². The SMILES string of the molecule is CCCCOCCC1(C(=O)O)C(C)NC(C)C(CCCOCCCN2CCC(c3ccccc3)(c3ccccc3)CC2)(C(=O)O)[C@@H]1c1cccc([N+](=O)[O-])c1. The van der Waals surface area contributed by atoms with E-state index in [-0.39, 0.29) is 30.6 Å². The number of piperidine rings is 2. The summed E-state index contributed by atoms with van der Waals surface area (Å²) in [5, 5.41) is 37.4. The topological polar surface area (TPSA) is 151 Å². The molecular formula is C44H59N3O8. The Morgan fingerprint density at radius 2 is 1.33 bits per heavy atom. The number of non-ortho nitro benzene ring substituents is 1. The summed E-state index contributed by atoms with van der Waals surface area (Å²) in [5.41, 5.74) is -0.412. The number of nitro groups is 1. The number of unbranched alkanes of at least 4 members (excludes halogenated alkanes) is 1. The van der Waals surface area contributed by atoms with Crippen molar-refractivity contribution in [2.24, 2.45) is 10.8 Å². The summed E-state index contributed by atoms with van der Waals surface area (Å²) in [6, 6.07) is 26.1. The lowest BCUT2D eigenvalue weighted by Crippen LogP contribution is -2.69. The first-order chi connectivity index (χ1) is 26.5. The maximum absolute atomic E-state index is 13.6. The van der Waals surface area contributed by atoms with E-state index in [2.05, 4.69) is 70.9 Å². The highest BCUT2D eigenvalue weighted by Gasteiger charge is 2.66. The van der Waals surface area contributed by atoms with Crippen molar-refractivity contribution in [2.75, 3.05) is 46.1 Å². The summed E-state index contributed by atoms with van der Waals surface area (Å²) in [4.78, 5) is 41.0. The van der Waals surface area contributed by atoms with E-state index in [1.54, 1.807) is 19.9 Å². The number of likely N-dealkylation sites (tertiary alicyclic amines) is 1. The lowest BCUT2D eigenvalue weighted by atomic mass is 9.49. The van der Waals surface area contributed by atoms with Gasteiger partial charge in [0.2, 0.25) is 0 Å². The number of aliphatic carboxylic acids is 2. The molecule has 5 rings (SSSR count). The molecule has 0 spiro atoms. The van der Waals surface area contributed by atoms with Gasteiger partial charge >= 0.3 is 11.9 Å². The fourth-order valence-corrected chi connectivity index (χ4v) is 9.56. The van der Waals surface area contributed by atoms with Gasteiger partial charge in [0, 0.05) is 68.5 Å². The van der Waals surface area contributed by atoms with E-state index in [1.807, 2.05) is 6.92 Å². The summed E-state index contributed by atoms with van der Waals surface area (Å²) in [6.07, 6.45) is 5.16. The van der Waals surface area contributed by atoms with Gasteiger partial charge in [-0.3, -0.25) is 19.7 Å². The molecule has 2 aliphatic rings. The van der Waals surface area contributed by atoms with Gasteiger partial charge in [0.25, 0.3) is 5.69 Å². The van der Waals surface area contributed by atoms with Crippen LogP contribution in [0.1, 0.15) is 94.7 Å². The molecule has 4 unspecified atom stereocenters. The van der Waals surface area contributed by atoms with Crippen molar-refractivity contribution in [3.63, 3.8) is 0 Å². The molecule has 3 aromatic rings. The van der Waals surface area contributed by atoms with Crippen molar-refractivity contribution in [1.82, 2.24) is 10.2 Å². The molecule has 0 amide bonds. The number of carboxylic acid groups (broad SMARTS) is 2. The summed E-state index contributed by atoms with van der Waals surface area (Å²) in [6.45, 7) is 9.84. The zero-order chi connectivity index (χ0) is 39.5. The Morgan fingerprint density at radius 1 is 0.782 bits per heavy atom. The predicted octanol–water partition coefficient (Wildman–Crippen LogP) is 7.68. The van der Waals surface area contributed by atoms with Gasteiger partial charge in [-0.25, -0.2) is 0 Å². The van der Waals surface area contributed by atoms with Crippen molar-refractivity contribution in [1.29, 1.82) is 0 Å². The van der Waals surface area contributed by atoms with Crippen LogP contribution in [0.15, 0.2) is 84.9 Å². The minimum Gasteiger partial charge on any atom is -0.481 e. The van der Waals surface area contributed by atoms with Crippen molar-refractivity contribution < 1.29 is 34.2 Å². The Labute approximate surface area is 325 Å². The van der Waals surface area contributed by atoms with Crippen LogP contribution < -0.4 is 5.32 Å². The third kappa shape index (κ3) is 8.96. The molecular weight excluding hydrogens is 698 g/mol. The van der Waals surface area contributed by atoms with Crippen LogP contribution in [0.25, 0.3) is 0 Å². The van der Waals surface area contributed by atoms with Crippen molar-refractivity contribution >= 4 is 17.6 Å². The molecule has 11 heteroatoms. The second kappa shape index (κ2) is 19.1. The third-order valence-electron chi connectivity index (χ3n) is 12.6. The number of hydrogen-bond acceptors (Lipinski definition) is 8. The molecule has 2 heterocycles. The Balaban J connectivity index is 1.26. The fourth-order valence-electron chi connectivity index (χ4n) is 9.56. The average Bonchev–Trinajstić information content (AvgIpc) is 3.19. The first kappa shape index (κ1) is 42.0. The van der Waals surface area contributed by atoms with Gasteiger partial charge in [0.15, 0.2) is 0 Å². The molecule has 3 N–H and O–H groups in total. The van der Waals surface area contributed by atoms with Crippen LogP contribution in [0.2, 0.25) is 0 Å². The summed E-state index contributed by atoms with van der Waals surface area (Å²) in [5.74, 6) is -3.38. The highest BCUT2D eigenvalue weighted by molar-refractivity contribution is 5.84. The summed E-state index contributed by atoms with van der Waals surface area (Å²) in [7, 11) is 0. The van der Waals surface area contributed by atoms with Crippen molar-refractivity contribution in [3.8, 4) is 0 Å². The molecule has 0 aromatic heterocycles. The zero-order valence-electron chi connectivity index (χ0n) is 32.7. The number of nitrogens with one attached hydrogen (secondary N) is 1. The minimum absolute atomic E-state index is 0.0125. The molecule has 3 aromatic carbocycles.